The molecule has 1 saturated heterocycles. The standard InChI is InChI=1S/C62H76ClF3N4O13S/c1-41(45-11-13-46(14-12-45)58-42(2)68-40-84-58)69-59(75)56-37-49(73)39-70(56)60(76)53(61(3,4)5)36-47(71)19-22-78-24-26-80-28-30-82-32-31-81-29-27-79-25-23-77-21-6-7-57(74)55-38-51(18-20-67-55)83-50-15-8-43(9-16-50)33-48(72)34-44-10-17-54(63)52(35-44)62(64,65)66/h8-18,20,35,38,40-41,49,53,56,73H,6-7,19,21-34,36-37,39H2,1-5H3,(H,69,75)/t41-,49-,53?,56-/m0/s1. The molecule has 22 heteroatoms. The molecule has 6 rings (SSSR count). The lowest BCUT2D eigenvalue weighted by molar-refractivity contribution is -0.146. The van der Waals surface area contributed by atoms with E-state index in [4.69, 9.17) is 44.8 Å². The number of carbonyl (C=O) groups is 5. The van der Waals surface area contributed by atoms with E-state index in [1.165, 1.54) is 17.2 Å². The maximum Gasteiger partial charge on any atom is 0.417 e. The molecule has 2 amide bonds. The van der Waals surface area contributed by atoms with E-state index in [2.05, 4.69) is 15.3 Å². The number of aryl methyl sites for hydroxylation is 1. The Morgan fingerprint density at radius 2 is 1.31 bits per heavy atom. The van der Waals surface area contributed by atoms with Crippen molar-refractivity contribution < 1.29 is 75.4 Å². The maximum atomic E-state index is 14.1. The highest BCUT2D eigenvalue weighted by molar-refractivity contribution is 7.13. The number of β-amino-alcohol motifs (C(OH)–C–C–N with tert-alkyl or cyclic N) is 1. The number of benzene rings is 3. The van der Waals surface area contributed by atoms with E-state index in [1.807, 2.05) is 64.4 Å². The highest BCUT2D eigenvalue weighted by Crippen LogP contribution is 2.37. The Morgan fingerprint density at radius 3 is 1.89 bits per heavy atom. The number of amides is 2. The highest BCUT2D eigenvalue weighted by atomic mass is 35.5. The van der Waals surface area contributed by atoms with Crippen LogP contribution in [0.15, 0.2) is 90.6 Å². The van der Waals surface area contributed by atoms with Gasteiger partial charge < -0.3 is 48.5 Å². The number of halogens is 4. The van der Waals surface area contributed by atoms with Gasteiger partial charge in [0.2, 0.25) is 11.8 Å². The van der Waals surface area contributed by atoms with Crippen LogP contribution in [0, 0.1) is 18.3 Å². The molecule has 5 aromatic rings. The Bertz CT molecular complexity index is 2900. The molecule has 0 saturated carbocycles. The first-order valence-corrected chi connectivity index (χ1v) is 29.3. The van der Waals surface area contributed by atoms with E-state index < -0.39 is 40.2 Å². The largest absolute Gasteiger partial charge is 0.457 e. The molecular formula is C62H76ClF3N4O13S. The van der Waals surface area contributed by atoms with Crippen molar-refractivity contribution in [2.75, 3.05) is 85.8 Å². The zero-order valence-corrected chi connectivity index (χ0v) is 49.8. The Morgan fingerprint density at radius 1 is 0.726 bits per heavy atom. The molecule has 1 aliphatic rings. The zero-order valence-electron chi connectivity index (χ0n) is 48.2. The molecule has 0 spiro atoms. The monoisotopic (exact) mass is 1210 g/mol. The molecule has 0 radical (unpaired) electrons. The number of pyridine rings is 1. The van der Waals surface area contributed by atoms with Gasteiger partial charge in [0, 0.05) is 69.9 Å². The van der Waals surface area contributed by atoms with E-state index >= 15 is 0 Å². The number of aromatic nitrogens is 2. The topological polar surface area (TPSA) is 211 Å². The fourth-order valence-electron chi connectivity index (χ4n) is 9.20. The van der Waals surface area contributed by atoms with Crippen molar-refractivity contribution >= 4 is 52.1 Å². The summed E-state index contributed by atoms with van der Waals surface area (Å²) in [7, 11) is 0. The van der Waals surface area contributed by atoms with Gasteiger partial charge >= 0.3 is 6.18 Å². The third kappa shape index (κ3) is 22.1. The molecule has 456 valence electrons. The molecule has 17 nitrogen and oxygen atoms in total. The van der Waals surface area contributed by atoms with Crippen LogP contribution in [0.5, 0.6) is 11.5 Å². The van der Waals surface area contributed by atoms with Gasteiger partial charge in [-0.15, -0.1) is 11.3 Å². The van der Waals surface area contributed by atoms with Gasteiger partial charge in [0.05, 0.1) is 111 Å². The lowest BCUT2D eigenvalue weighted by Crippen LogP contribution is -2.50. The summed E-state index contributed by atoms with van der Waals surface area (Å²) in [5.41, 5.74) is 4.27. The van der Waals surface area contributed by atoms with E-state index in [-0.39, 0.29) is 105 Å². The molecule has 4 atom stereocenters. The Hall–Kier alpha value is -6.01. The van der Waals surface area contributed by atoms with Crippen LogP contribution < -0.4 is 10.1 Å². The van der Waals surface area contributed by atoms with E-state index in [1.54, 1.807) is 47.7 Å². The highest BCUT2D eigenvalue weighted by Gasteiger charge is 2.44. The van der Waals surface area contributed by atoms with Crippen LogP contribution in [0.4, 0.5) is 13.2 Å². The van der Waals surface area contributed by atoms with Gasteiger partial charge in [0.15, 0.2) is 5.78 Å². The predicted octanol–water partition coefficient (Wildman–Crippen LogP) is 10.2. The number of ether oxygens (including phenoxy) is 7. The van der Waals surface area contributed by atoms with Crippen LogP contribution in [0.1, 0.15) is 104 Å². The lowest BCUT2D eigenvalue weighted by Gasteiger charge is -2.35. The quantitative estimate of drug-likeness (QED) is 0.0282. The smallest absolute Gasteiger partial charge is 0.417 e. The number of nitrogens with zero attached hydrogens (tertiary/aromatic N) is 3. The van der Waals surface area contributed by atoms with Crippen molar-refractivity contribution in [3.05, 3.63) is 129 Å². The summed E-state index contributed by atoms with van der Waals surface area (Å²) in [4.78, 5) is 77.4. The number of aliphatic hydroxyl groups is 1. The predicted molar refractivity (Wildman–Crippen MR) is 310 cm³/mol. The van der Waals surface area contributed by atoms with Crippen molar-refractivity contribution in [1.82, 2.24) is 20.2 Å². The van der Waals surface area contributed by atoms with Crippen molar-refractivity contribution in [1.29, 1.82) is 0 Å². The van der Waals surface area contributed by atoms with E-state index in [9.17, 15) is 42.3 Å². The molecule has 1 fully saturated rings. The fourth-order valence-corrected chi connectivity index (χ4v) is 10.2. The number of Topliss-reactive ketones (excluding diaryl/α,β-unsaturated/α-hetero) is 3. The second kappa shape index (κ2) is 33.6. The first-order valence-electron chi connectivity index (χ1n) is 28.1. The summed E-state index contributed by atoms with van der Waals surface area (Å²) in [5.74, 6) is -1.11. The number of nitrogens with one attached hydrogen (secondary N) is 1. The van der Waals surface area contributed by atoms with Crippen LogP contribution in [0.2, 0.25) is 5.02 Å². The number of carbonyl (C=O) groups excluding carboxylic acids is 5. The van der Waals surface area contributed by atoms with Crippen LogP contribution in [0.3, 0.4) is 0 Å². The van der Waals surface area contributed by atoms with Crippen molar-refractivity contribution in [3.8, 4) is 21.9 Å². The van der Waals surface area contributed by atoms with Gasteiger partial charge in [-0.3, -0.25) is 29.0 Å². The molecule has 84 heavy (non-hydrogen) atoms. The molecule has 0 aliphatic carbocycles. The number of alkyl halides is 3. The third-order valence-corrected chi connectivity index (χ3v) is 15.1. The average Bonchev–Trinajstić information content (AvgIpc) is 4.25. The molecule has 2 aromatic heterocycles. The summed E-state index contributed by atoms with van der Waals surface area (Å²) in [6.07, 6.45) is -3.26. The molecule has 0 bridgehead atoms. The van der Waals surface area contributed by atoms with Crippen LogP contribution in [0.25, 0.3) is 10.4 Å². The van der Waals surface area contributed by atoms with Gasteiger partial charge in [-0.1, -0.05) is 74.8 Å². The third-order valence-electron chi connectivity index (χ3n) is 13.8. The average molecular weight is 1210 g/mol. The van der Waals surface area contributed by atoms with Crippen LogP contribution in [-0.2, 0) is 66.6 Å². The second-order valence-electron chi connectivity index (χ2n) is 21.5. The Labute approximate surface area is 497 Å². The van der Waals surface area contributed by atoms with Crippen molar-refractivity contribution in [2.45, 2.75) is 104 Å². The van der Waals surface area contributed by atoms with E-state index in [0.29, 0.717) is 89.6 Å². The van der Waals surface area contributed by atoms with Crippen LogP contribution in [-0.4, -0.2) is 147 Å². The normalized spacial score (nSPS) is 15.2. The summed E-state index contributed by atoms with van der Waals surface area (Å²) in [5, 5.41) is 13.2. The summed E-state index contributed by atoms with van der Waals surface area (Å²) >= 11 is 7.26. The van der Waals surface area contributed by atoms with Crippen molar-refractivity contribution in [2.24, 2.45) is 11.3 Å². The molecular weight excluding hydrogens is 1130 g/mol. The number of rotatable bonds is 36. The van der Waals surface area contributed by atoms with Gasteiger partial charge in [-0.05, 0) is 78.3 Å². The van der Waals surface area contributed by atoms with Gasteiger partial charge in [-0.25, -0.2) is 4.98 Å². The van der Waals surface area contributed by atoms with Gasteiger partial charge in [0.1, 0.15) is 34.8 Å². The van der Waals surface area contributed by atoms with E-state index in [0.717, 1.165) is 33.8 Å². The molecule has 1 unspecified atom stereocenters. The number of aliphatic hydroxyl groups excluding tert-OH is 1. The minimum absolute atomic E-state index is 0.0140. The van der Waals surface area contributed by atoms with Gasteiger partial charge in [0.25, 0.3) is 0 Å². The number of hydrogen-bond donors (Lipinski definition) is 2. The minimum atomic E-state index is -4.62. The Kier molecular flexibility index (Phi) is 26.9. The number of thiazole rings is 1. The second-order valence-corrected chi connectivity index (χ2v) is 22.7. The minimum Gasteiger partial charge on any atom is -0.457 e. The Balaban J connectivity index is 0.729. The summed E-state index contributed by atoms with van der Waals surface area (Å²) < 4.78 is 79.0. The number of likely N-dealkylation sites (tertiary alicyclic amines) is 1. The van der Waals surface area contributed by atoms with Crippen molar-refractivity contribution in [3.63, 3.8) is 0 Å². The molecule has 3 heterocycles. The summed E-state index contributed by atoms with van der Waals surface area (Å²) in [6, 6.07) is 20.0. The van der Waals surface area contributed by atoms with Crippen LogP contribution >= 0.6 is 22.9 Å². The number of ketones is 3. The zero-order chi connectivity index (χ0) is 60.7. The fraction of sp³-hybridized carbons (Fsp3) is 0.500. The number of hydrogen-bond acceptors (Lipinski definition) is 16. The summed E-state index contributed by atoms with van der Waals surface area (Å²) in [6.45, 7) is 13.6. The lowest BCUT2D eigenvalue weighted by atomic mass is 9.76. The molecule has 2 N–H and O–H groups in total. The van der Waals surface area contributed by atoms with Gasteiger partial charge in [-0.2, -0.15) is 13.2 Å². The molecule has 1 aliphatic heterocycles. The molecule has 3 aromatic carbocycles. The first kappa shape index (κ1) is 67.1. The first-order chi connectivity index (χ1) is 40.2. The SMILES string of the molecule is Cc1ncsc1-c1ccc([C@H](C)NC(=O)[C@@H]2C[C@H](O)CN2C(=O)C(CC(=O)CCOCCOCCOCCOCCOCCOCCCC(=O)c2cc(Oc3ccc(CC(=O)Cc4ccc(Cl)c(C(F)(F)F)c4)cc3)ccn2)C(C)(C)C)cc1. The maximum absolute atomic E-state index is 14.1.